The number of hydrogen-bond donors (Lipinski definition) is 0. The highest BCUT2D eigenvalue weighted by Crippen LogP contribution is 2.32. The van der Waals surface area contributed by atoms with Crippen LogP contribution in [0.2, 0.25) is 0 Å². The molecule has 0 saturated carbocycles. The molecule has 0 N–H and O–H groups in total. The van der Waals surface area contributed by atoms with Crippen LogP contribution in [-0.4, -0.2) is 17.1 Å². The van der Waals surface area contributed by atoms with Crippen LogP contribution in [0.5, 0.6) is 0 Å². The highest BCUT2D eigenvalue weighted by Gasteiger charge is 2.20. The van der Waals surface area contributed by atoms with Gasteiger partial charge in [-0.2, -0.15) is 0 Å². The van der Waals surface area contributed by atoms with Gasteiger partial charge >= 0.3 is 5.97 Å². The van der Waals surface area contributed by atoms with E-state index in [9.17, 15) is 4.79 Å². The monoisotopic (exact) mass is 271 g/mol. The fraction of sp³-hybridized carbons (Fsp3) is 0.471. The van der Waals surface area contributed by atoms with Crippen LogP contribution in [0.3, 0.4) is 0 Å². The molecule has 0 unspecified atom stereocenters. The van der Waals surface area contributed by atoms with Crippen LogP contribution in [-0.2, 0) is 24.1 Å². The van der Waals surface area contributed by atoms with Crippen molar-refractivity contribution in [2.75, 3.05) is 6.61 Å². The van der Waals surface area contributed by atoms with Gasteiger partial charge in [0, 0.05) is 23.1 Å². The summed E-state index contributed by atoms with van der Waals surface area (Å²) in [7, 11) is 0. The minimum atomic E-state index is -0.219. The Morgan fingerprint density at radius 2 is 2.05 bits per heavy atom. The van der Waals surface area contributed by atoms with E-state index in [1.54, 1.807) is 0 Å². The van der Waals surface area contributed by atoms with E-state index in [-0.39, 0.29) is 5.97 Å². The van der Waals surface area contributed by atoms with Crippen LogP contribution in [0.1, 0.15) is 48.3 Å². The van der Waals surface area contributed by atoms with Gasteiger partial charge in [-0.05, 0) is 63.3 Å². The van der Waals surface area contributed by atoms with Crippen LogP contribution in [0.4, 0.5) is 0 Å². The molecule has 1 heterocycles. The maximum absolute atomic E-state index is 11.9. The highest BCUT2D eigenvalue weighted by molar-refractivity contribution is 5.96. The molecule has 1 aliphatic rings. The van der Waals surface area contributed by atoms with Crippen molar-refractivity contribution in [3.63, 3.8) is 0 Å². The normalized spacial score (nSPS) is 14.3. The lowest BCUT2D eigenvalue weighted by molar-refractivity contribution is 0.0526. The molecule has 0 spiro atoms. The summed E-state index contributed by atoms with van der Waals surface area (Å²) >= 11 is 0. The van der Waals surface area contributed by atoms with Gasteiger partial charge in [0.05, 0.1) is 12.2 Å². The third kappa shape index (κ3) is 2.01. The Hall–Kier alpha value is -1.77. The van der Waals surface area contributed by atoms with E-state index in [1.807, 2.05) is 19.1 Å². The lowest BCUT2D eigenvalue weighted by Gasteiger charge is -2.14. The van der Waals surface area contributed by atoms with E-state index in [4.69, 9.17) is 4.74 Å². The molecule has 2 aromatic rings. The second kappa shape index (κ2) is 5.31. The predicted molar refractivity (Wildman–Crippen MR) is 80.2 cm³/mol. The van der Waals surface area contributed by atoms with Crippen molar-refractivity contribution in [3.05, 3.63) is 35.0 Å². The van der Waals surface area contributed by atoms with Gasteiger partial charge in [-0.25, -0.2) is 4.79 Å². The number of aromatic nitrogens is 1. The van der Waals surface area contributed by atoms with Gasteiger partial charge in [0.15, 0.2) is 0 Å². The van der Waals surface area contributed by atoms with Crippen molar-refractivity contribution in [1.29, 1.82) is 0 Å². The number of aryl methyl sites for hydroxylation is 2. The van der Waals surface area contributed by atoms with Crippen LogP contribution >= 0.6 is 0 Å². The van der Waals surface area contributed by atoms with Gasteiger partial charge < -0.3 is 9.30 Å². The van der Waals surface area contributed by atoms with E-state index in [0.717, 1.165) is 19.4 Å². The van der Waals surface area contributed by atoms with Gasteiger partial charge in [0.2, 0.25) is 0 Å². The molecular weight excluding hydrogens is 250 g/mol. The number of fused-ring (bicyclic) bond motifs is 3. The van der Waals surface area contributed by atoms with Gasteiger partial charge in [0.25, 0.3) is 0 Å². The van der Waals surface area contributed by atoms with Crippen LogP contribution < -0.4 is 0 Å². The summed E-state index contributed by atoms with van der Waals surface area (Å²) in [4.78, 5) is 11.9. The third-order valence-corrected chi connectivity index (χ3v) is 4.20. The molecular formula is C17H21NO2. The molecule has 0 fully saturated rings. The number of ether oxygens (including phenoxy) is 1. The largest absolute Gasteiger partial charge is 0.462 e. The van der Waals surface area contributed by atoms with E-state index in [0.29, 0.717) is 12.2 Å². The molecule has 3 rings (SSSR count). The summed E-state index contributed by atoms with van der Waals surface area (Å²) in [6.07, 6.45) is 4.81. The second-order valence-electron chi connectivity index (χ2n) is 5.33. The SMILES string of the molecule is CCOC(=O)c1ccc2c(c1)c1c(n2CC)CCCC1. The summed E-state index contributed by atoms with van der Waals surface area (Å²) in [6.45, 7) is 5.44. The first-order valence-electron chi connectivity index (χ1n) is 7.57. The molecule has 106 valence electrons. The zero-order valence-corrected chi connectivity index (χ0v) is 12.2. The Morgan fingerprint density at radius 3 is 2.80 bits per heavy atom. The summed E-state index contributed by atoms with van der Waals surface area (Å²) in [5, 5.41) is 1.24. The first kappa shape index (κ1) is 13.2. The van der Waals surface area contributed by atoms with Crippen LogP contribution in [0, 0.1) is 0 Å². The minimum absolute atomic E-state index is 0.219. The summed E-state index contributed by atoms with van der Waals surface area (Å²) in [5.41, 5.74) is 4.84. The van der Waals surface area contributed by atoms with Crippen molar-refractivity contribution in [2.24, 2.45) is 0 Å². The summed E-state index contributed by atoms with van der Waals surface area (Å²) < 4.78 is 7.51. The number of nitrogens with zero attached hydrogens (tertiary/aromatic N) is 1. The van der Waals surface area contributed by atoms with Gasteiger partial charge in [-0.1, -0.05) is 0 Å². The topological polar surface area (TPSA) is 31.2 Å². The van der Waals surface area contributed by atoms with Crippen LogP contribution in [0.25, 0.3) is 10.9 Å². The molecule has 0 bridgehead atoms. The Bertz CT molecular complexity index is 655. The molecule has 0 aliphatic heterocycles. The zero-order valence-electron chi connectivity index (χ0n) is 12.2. The van der Waals surface area contributed by atoms with Crippen LogP contribution in [0.15, 0.2) is 18.2 Å². The van der Waals surface area contributed by atoms with E-state index < -0.39 is 0 Å². The Morgan fingerprint density at radius 1 is 1.25 bits per heavy atom. The molecule has 20 heavy (non-hydrogen) atoms. The standard InChI is InChI=1S/C17H21NO2/c1-3-18-15-8-6-5-7-13(15)14-11-12(9-10-16(14)18)17(19)20-4-2/h9-11H,3-8H2,1-2H3. The molecule has 0 saturated heterocycles. The second-order valence-corrected chi connectivity index (χ2v) is 5.33. The predicted octanol–water partition coefficient (Wildman–Crippen LogP) is 3.72. The minimum Gasteiger partial charge on any atom is -0.462 e. The molecule has 0 amide bonds. The summed E-state index contributed by atoms with van der Waals surface area (Å²) in [6, 6.07) is 5.98. The maximum Gasteiger partial charge on any atom is 0.338 e. The molecule has 1 aromatic heterocycles. The summed E-state index contributed by atoms with van der Waals surface area (Å²) in [5.74, 6) is -0.219. The number of benzene rings is 1. The number of esters is 1. The van der Waals surface area contributed by atoms with E-state index in [1.165, 1.54) is 35.0 Å². The highest BCUT2D eigenvalue weighted by atomic mass is 16.5. The van der Waals surface area contributed by atoms with Gasteiger partial charge in [-0.3, -0.25) is 0 Å². The molecule has 3 nitrogen and oxygen atoms in total. The quantitative estimate of drug-likeness (QED) is 0.797. The molecule has 3 heteroatoms. The first-order chi connectivity index (χ1) is 9.76. The van der Waals surface area contributed by atoms with E-state index in [2.05, 4.69) is 17.6 Å². The number of rotatable bonds is 3. The third-order valence-electron chi connectivity index (χ3n) is 4.20. The van der Waals surface area contributed by atoms with Crippen molar-refractivity contribution in [1.82, 2.24) is 4.57 Å². The Kier molecular flexibility index (Phi) is 3.51. The average molecular weight is 271 g/mol. The van der Waals surface area contributed by atoms with Gasteiger partial charge in [-0.15, -0.1) is 0 Å². The molecule has 0 radical (unpaired) electrons. The molecule has 1 aromatic carbocycles. The fourth-order valence-electron chi connectivity index (χ4n) is 3.34. The molecule has 0 atom stereocenters. The lowest BCUT2D eigenvalue weighted by Crippen LogP contribution is -2.06. The molecule has 1 aliphatic carbocycles. The number of hydrogen-bond acceptors (Lipinski definition) is 2. The Balaban J connectivity index is 2.16. The van der Waals surface area contributed by atoms with E-state index >= 15 is 0 Å². The average Bonchev–Trinajstić information content (AvgIpc) is 2.80. The van der Waals surface area contributed by atoms with Crippen molar-refractivity contribution >= 4 is 16.9 Å². The first-order valence-corrected chi connectivity index (χ1v) is 7.57. The Labute approximate surface area is 119 Å². The zero-order chi connectivity index (χ0) is 14.1. The number of carbonyl (C=O) groups excluding carboxylic acids is 1. The maximum atomic E-state index is 11.9. The fourth-order valence-corrected chi connectivity index (χ4v) is 3.34. The smallest absolute Gasteiger partial charge is 0.338 e. The number of carbonyl (C=O) groups is 1. The van der Waals surface area contributed by atoms with Gasteiger partial charge in [0.1, 0.15) is 0 Å². The van der Waals surface area contributed by atoms with Crippen molar-refractivity contribution < 1.29 is 9.53 Å². The lowest BCUT2D eigenvalue weighted by atomic mass is 9.95. The van der Waals surface area contributed by atoms with Crippen molar-refractivity contribution in [3.8, 4) is 0 Å². The van der Waals surface area contributed by atoms with Crippen molar-refractivity contribution in [2.45, 2.75) is 46.1 Å².